The van der Waals surface area contributed by atoms with Crippen molar-refractivity contribution in [3.8, 4) is 6.19 Å². The van der Waals surface area contributed by atoms with Gasteiger partial charge < -0.3 is 4.90 Å². The Labute approximate surface area is 98.6 Å². The molecule has 3 nitrogen and oxygen atoms in total. The van der Waals surface area contributed by atoms with Gasteiger partial charge in [-0.25, -0.2) is 4.39 Å². The molecule has 0 spiro atoms. The Hall–Kier alpha value is -1.54. The lowest BCUT2D eigenvalue weighted by atomic mass is 10.2. The van der Waals surface area contributed by atoms with Gasteiger partial charge in [0.1, 0.15) is 5.82 Å². The summed E-state index contributed by atoms with van der Waals surface area (Å²) in [5.41, 5.74) is 0.849. The van der Waals surface area contributed by atoms with Crippen LogP contribution in [0.15, 0.2) is 29.3 Å². The number of halogens is 1. The number of benzene rings is 1. The van der Waals surface area contributed by atoms with Gasteiger partial charge in [-0.05, 0) is 24.0 Å². The van der Waals surface area contributed by atoms with Gasteiger partial charge in [-0.3, -0.25) is 0 Å². The first-order valence-electron chi connectivity index (χ1n) is 4.63. The smallest absolute Gasteiger partial charge is 0.208 e. The Kier molecular flexibility index (Phi) is 4.80. The normalized spacial score (nSPS) is 11.0. The van der Waals surface area contributed by atoms with Crippen LogP contribution in [-0.4, -0.2) is 23.4 Å². The van der Waals surface area contributed by atoms with E-state index in [4.69, 9.17) is 5.26 Å². The SMILES string of the molecule is CSC(=NC#N)N(C)Cc1cccc(F)c1. The number of hydrogen-bond acceptors (Lipinski definition) is 3. The maximum atomic E-state index is 12.9. The first-order valence-corrected chi connectivity index (χ1v) is 5.86. The molecule has 1 rings (SSSR count). The lowest BCUT2D eigenvalue weighted by Gasteiger charge is -2.18. The molecule has 0 amide bonds. The van der Waals surface area contributed by atoms with Crippen molar-refractivity contribution in [1.82, 2.24) is 4.90 Å². The summed E-state index contributed by atoms with van der Waals surface area (Å²) in [6.07, 6.45) is 3.59. The highest BCUT2D eigenvalue weighted by molar-refractivity contribution is 8.13. The second-order valence-electron chi connectivity index (χ2n) is 3.18. The van der Waals surface area contributed by atoms with Crippen LogP contribution in [0.5, 0.6) is 0 Å². The van der Waals surface area contributed by atoms with Crippen LogP contribution in [0, 0.1) is 17.3 Å². The van der Waals surface area contributed by atoms with E-state index in [-0.39, 0.29) is 5.82 Å². The quantitative estimate of drug-likeness (QED) is 0.450. The number of aliphatic imine (C=N–C) groups is 1. The van der Waals surface area contributed by atoms with E-state index in [1.165, 1.54) is 23.9 Å². The average molecular weight is 237 g/mol. The maximum Gasteiger partial charge on any atom is 0.208 e. The number of rotatable bonds is 2. The molecular formula is C11H12FN3S. The Bertz CT molecular complexity index is 425. The monoisotopic (exact) mass is 237 g/mol. The van der Waals surface area contributed by atoms with Gasteiger partial charge >= 0.3 is 0 Å². The molecule has 0 heterocycles. The van der Waals surface area contributed by atoms with Gasteiger partial charge in [0.2, 0.25) is 6.19 Å². The van der Waals surface area contributed by atoms with Crippen molar-refractivity contribution in [2.24, 2.45) is 4.99 Å². The molecule has 0 saturated carbocycles. The molecule has 0 unspecified atom stereocenters. The largest absolute Gasteiger partial charge is 0.349 e. The van der Waals surface area contributed by atoms with E-state index in [0.717, 1.165) is 5.56 Å². The Morgan fingerprint density at radius 3 is 2.94 bits per heavy atom. The van der Waals surface area contributed by atoms with Crippen LogP contribution in [0.25, 0.3) is 0 Å². The summed E-state index contributed by atoms with van der Waals surface area (Å²) in [5.74, 6) is -0.256. The van der Waals surface area contributed by atoms with Crippen molar-refractivity contribution in [3.05, 3.63) is 35.6 Å². The zero-order chi connectivity index (χ0) is 12.0. The molecule has 1 aromatic rings. The van der Waals surface area contributed by atoms with Gasteiger partial charge in [-0.1, -0.05) is 23.9 Å². The summed E-state index contributed by atoms with van der Waals surface area (Å²) in [6, 6.07) is 6.38. The van der Waals surface area contributed by atoms with Crippen molar-refractivity contribution in [3.63, 3.8) is 0 Å². The van der Waals surface area contributed by atoms with Gasteiger partial charge in [0.25, 0.3) is 0 Å². The third-order valence-corrected chi connectivity index (χ3v) is 2.73. The van der Waals surface area contributed by atoms with E-state index < -0.39 is 0 Å². The Balaban J connectivity index is 2.74. The van der Waals surface area contributed by atoms with Crippen LogP contribution < -0.4 is 0 Å². The summed E-state index contributed by atoms with van der Waals surface area (Å²) in [7, 11) is 1.82. The molecule has 16 heavy (non-hydrogen) atoms. The predicted octanol–water partition coefficient (Wildman–Crippen LogP) is 2.46. The standard InChI is InChI=1S/C11H12FN3S/c1-15(11(16-2)14-8-13)7-9-4-3-5-10(12)6-9/h3-6H,7H2,1-2H3. The number of nitriles is 1. The first-order chi connectivity index (χ1) is 7.67. The molecule has 0 bridgehead atoms. The number of hydrogen-bond donors (Lipinski definition) is 0. The minimum Gasteiger partial charge on any atom is -0.349 e. The van der Waals surface area contributed by atoms with Crippen LogP contribution >= 0.6 is 11.8 Å². The van der Waals surface area contributed by atoms with Crippen molar-refractivity contribution >= 4 is 16.9 Å². The Morgan fingerprint density at radius 1 is 1.62 bits per heavy atom. The minimum absolute atomic E-state index is 0.256. The third-order valence-electron chi connectivity index (χ3n) is 1.96. The fourth-order valence-electron chi connectivity index (χ4n) is 1.31. The zero-order valence-corrected chi connectivity index (χ0v) is 9.96. The fourth-order valence-corrected chi connectivity index (χ4v) is 1.81. The lowest BCUT2D eigenvalue weighted by molar-refractivity contribution is 0.508. The highest BCUT2D eigenvalue weighted by Crippen LogP contribution is 2.10. The summed E-state index contributed by atoms with van der Waals surface area (Å²) >= 11 is 1.39. The molecule has 0 atom stereocenters. The molecule has 0 aliphatic carbocycles. The minimum atomic E-state index is -0.256. The molecule has 0 aromatic heterocycles. The van der Waals surface area contributed by atoms with Crippen molar-refractivity contribution < 1.29 is 4.39 Å². The van der Waals surface area contributed by atoms with Crippen LogP contribution in [0.2, 0.25) is 0 Å². The molecule has 0 aliphatic heterocycles. The average Bonchev–Trinajstić information content (AvgIpc) is 2.25. The van der Waals surface area contributed by atoms with E-state index in [0.29, 0.717) is 11.7 Å². The van der Waals surface area contributed by atoms with Crippen LogP contribution in [0.3, 0.4) is 0 Å². The van der Waals surface area contributed by atoms with E-state index in [1.54, 1.807) is 12.3 Å². The second-order valence-corrected chi connectivity index (χ2v) is 3.96. The molecule has 0 aliphatic rings. The number of nitrogens with zero attached hydrogens (tertiary/aromatic N) is 3. The summed E-state index contributed by atoms with van der Waals surface area (Å²) in [5, 5.41) is 9.11. The van der Waals surface area contributed by atoms with E-state index >= 15 is 0 Å². The fraction of sp³-hybridized carbons (Fsp3) is 0.273. The summed E-state index contributed by atoms with van der Waals surface area (Å²) in [6.45, 7) is 0.527. The maximum absolute atomic E-state index is 12.9. The molecular weight excluding hydrogens is 225 g/mol. The highest BCUT2D eigenvalue weighted by Gasteiger charge is 2.06. The first kappa shape index (κ1) is 12.5. The van der Waals surface area contributed by atoms with Gasteiger partial charge in [-0.2, -0.15) is 5.26 Å². The van der Waals surface area contributed by atoms with Gasteiger partial charge in [-0.15, -0.1) is 4.99 Å². The molecule has 0 N–H and O–H groups in total. The van der Waals surface area contributed by atoms with Gasteiger partial charge in [0.15, 0.2) is 5.17 Å². The zero-order valence-electron chi connectivity index (χ0n) is 9.14. The summed E-state index contributed by atoms with van der Waals surface area (Å²) in [4.78, 5) is 5.49. The third kappa shape index (κ3) is 3.55. The van der Waals surface area contributed by atoms with Crippen LogP contribution in [0.1, 0.15) is 5.56 Å². The molecule has 0 fully saturated rings. The molecule has 5 heteroatoms. The van der Waals surface area contributed by atoms with E-state index in [9.17, 15) is 4.39 Å². The lowest BCUT2D eigenvalue weighted by Crippen LogP contribution is -2.23. The highest BCUT2D eigenvalue weighted by atomic mass is 32.2. The molecule has 0 radical (unpaired) electrons. The number of amidine groups is 1. The van der Waals surface area contributed by atoms with Crippen molar-refractivity contribution in [2.45, 2.75) is 6.54 Å². The molecule has 84 valence electrons. The summed E-state index contributed by atoms with van der Waals surface area (Å²) < 4.78 is 12.9. The van der Waals surface area contributed by atoms with E-state index in [2.05, 4.69) is 4.99 Å². The van der Waals surface area contributed by atoms with E-state index in [1.807, 2.05) is 24.3 Å². The number of thioether (sulfide) groups is 1. The van der Waals surface area contributed by atoms with Gasteiger partial charge in [0.05, 0.1) is 0 Å². The topological polar surface area (TPSA) is 39.4 Å². The molecule has 1 aromatic carbocycles. The predicted molar refractivity (Wildman–Crippen MR) is 64.4 cm³/mol. The second kappa shape index (κ2) is 6.13. The Morgan fingerprint density at radius 2 is 2.38 bits per heavy atom. The van der Waals surface area contributed by atoms with Crippen LogP contribution in [0.4, 0.5) is 4.39 Å². The van der Waals surface area contributed by atoms with Crippen molar-refractivity contribution in [2.75, 3.05) is 13.3 Å². The van der Waals surface area contributed by atoms with Crippen LogP contribution in [-0.2, 0) is 6.54 Å². The van der Waals surface area contributed by atoms with Gasteiger partial charge in [0, 0.05) is 13.6 Å². The molecule has 0 saturated heterocycles. The van der Waals surface area contributed by atoms with Crippen molar-refractivity contribution in [1.29, 1.82) is 5.26 Å².